The molecule has 2 rings (SSSR count). The lowest BCUT2D eigenvalue weighted by molar-refractivity contribution is 0.187. The van der Waals surface area contributed by atoms with Gasteiger partial charge >= 0.3 is 0 Å². The molecule has 0 saturated carbocycles. The zero-order valence-corrected chi connectivity index (χ0v) is 10.7. The van der Waals surface area contributed by atoms with E-state index < -0.39 is 0 Å². The molecule has 0 bridgehead atoms. The summed E-state index contributed by atoms with van der Waals surface area (Å²) in [4.78, 5) is 0.966. The molecule has 6 heteroatoms. The SMILES string of the molecule is COCCn1cnnc1-c1scc(C)c1Cl. The Balaban J connectivity index is 2.33. The lowest BCUT2D eigenvalue weighted by Gasteiger charge is -2.04. The van der Waals surface area contributed by atoms with Gasteiger partial charge in [-0.2, -0.15) is 0 Å². The number of hydrogen-bond acceptors (Lipinski definition) is 4. The van der Waals surface area contributed by atoms with E-state index in [2.05, 4.69) is 10.2 Å². The van der Waals surface area contributed by atoms with Crippen LogP contribution in [0.5, 0.6) is 0 Å². The Morgan fingerprint density at radius 1 is 1.56 bits per heavy atom. The van der Waals surface area contributed by atoms with Gasteiger partial charge in [-0.1, -0.05) is 11.6 Å². The highest BCUT2D eigenvalue weighted by Gasteiger charge is 2.14. The zero-order chi connectivity index (χ0) is 11.5. The van der Waals surface area contributed by atoms with E-state index in [4.69, 9.17) is 16.3 Å². The molecule has 0 atom stereocenters. The second-order valence-electron chi connectivity index (χ2n) is 3.40. The average Bonchev–Trinajstić information content (AvgIpc) is 2.85. The molecule has 0 aliphatic rings. The summed E-state index contributed by atoms with van der Waals surface area (Å²) in [5.74, 6) is 0.806. The predicted octanol–water partition coefficient (Wildman–Crippen LogP) is 2.61. The molecule has 4 nitrogen and oxygen atoms in total. The molecule has 16 heavy (non-hydrogen) atoms. The summed E-state index contributed by atoms with van der Waals surface area (Å²) >= 11 is 7.79. The van der Waals surface area contributed by atoms with Crippen LogP contribution in [0.4, 0.5) is 0 Å². The van der Waals surface area contributed by atoms with Crippen molar-refractivity contribution in [3.8, 4) is 10.7 Å². The molecule has 0 unspecified atom stereocenters. The van der Waals surface area contributed by atoms with Gasteiger partial charge in [0.05, 0.1) is 16.5 Å². The van der Waals surface area contributed by atoms with Crippen molar-refractivity contribution in [3.63, 3.8) is 0 Å². The van der Waals surface area contributed by atoms with E-state index >= 15 is 0 Å². The Hall–Kier alpha value is -0.910. The van der Waals surface area contributed by atoms with Gasteiger partial charge in [0, 0.05) is 13.7 Å². The highest BCUT2D eigenvalue weighted by Crippen LogP contribution is 2.34. The van der Waals surface area contributed by atoms with Gasteiger partial charge in [0.2, 0.25) is 0 Å². The van der Waals surface area contributed by atoms with Crippen molar-refractivity contribution in [3.05, 3.63) is 22.3 Å². The van der Waals surface area contributed by atoms with Crippen LogP contribution in [0, 0.1) is 6.92 Å². The number of aromatic nitrogens is 3. The van der Waals surface area contributed by atoms with Crippen molar-refractivity contribution in [1.29, 1.82) is 0 Å². The minimum absolute atomic E-state index is 0.632. The van der Waals surface area contributed by atoms with Crippen LogP contribution >= 0.6 is 22.9 Å². The van der Waals surface area contributed by atoms with Gasteiger partial charge in [0.25, 0.3) is 0 Å². The third-order valence-electron chi connectivity index (χ3n) is 2.25. The molecular formula is C10H12ClN3OS. The van der Waals surface area contributed by atoms with E-state index in [1.165, 1.54) is 0 Å². The first kappa shape index (κ1) is 11.6. The fraction of sp³-hybridized carbons (Fsp3) is 0.400. The Morgan fingerprint density at radius 3 is 3.00 bits per heavy atom. The van der Waals surface area contributed by atoms with Crippen molar-refractivity contribution >= 4 is 22.9 Å². The highest BCUT2D eigenvalue weighted by atomic mass is 35.5. The summed E-state index contributed by atoms with van der Waals surface area (Å²) in [6, 6.07) is 0. The first-order valence-corrected chi connectivity index (χ1v) is 6.10. The van der Waals surface area contributed by atoms with E-state index in [0.717, 1.165) is 27.8 Å². The Bertz CT molecular complexity index is 480. The predicted molar refractivity (Wildman–Crippen MR) is 65.0 cm³/mol. The number of thiophene rings is 1. The first-order chi connectivity index (χ1) is 7.74. The van der Waals surface area contributed by atoms with Crippen LogP contribution < -0.4 is 0 Å². The van der Waals surface area contributed by atoms with Crippen molar-refractivity contribution < 1.29 is 4.74 Å². The molecular weight excluding hydrogens is 246 g/mol. The van der Waals surface area contributed by atoms with Gasteiger partial charge < -0.3 is 9.30 Å². The second-order valence-corrected chi connectivity index (χ2v) is 4.66. The van der Waals surface area contributed by atoms with E-state index in [0.29, 0.717) is 6.61 Å². The van der Waals surface area contributed by atoms with E-state index in [1.54, 1.807) is 24.8 Å². The van der Waals surface area contributed by atoms with E-state index in [-0.39, 0.29) is 0 Å². The van der Waals surface area contributed by atoms with Gasteiger partial charge in [-0.25, -0.2) is 0 Å². The summed E-state index contributed by atoms with van der Waals surface area (Å²) in [7, 11) is 1.67. The summed E-state index contributed by atoms with van der Waals surface area (Å²) in [5.41, 5.74) is 1.07. The summed E-state index contributed by atoms with van der Waals surface area (Å²) in [5, 5.41) is 10.8. The van der Waals surface area contributed by atoms with Crippen LogP contribution in [0.15, 0.2) is 11.7 Å². The fourth-order valence-corrected chi connectivity index (χ4v) is 2.64. The van der Waals surface area contributed by atoms with Crippen LogP contribution in [0.1, 0.15) is 5.56 Å². The third kappa shape index (κ3) is 2.11. The smallest absolute Gasteiger partial charge is 0.175 e. The minimum atomic E-state index is 0.632. The van der Waals surface area contributed by atoms with Crippen LogP contribution in [0.25, 0.3) is 10.7 Å². The van der Waals surface area contributed by atoms with Gasteiger partial charge in [-0.15, -0.1) is 21.5 Å². The molecule has 0 aliphatic heterocycles. The molecule has 2 aromatic rings. The lowest BCUT2D eigenvalue weighted by Crippen LogP contribution is -2.04. The van der Waals surface area contributed by atoms with Crippen LogP contribution in [0.2, 0.25) is 5.02 Å². The Kier molecular flexibility index (Phi) is 3.58. The maximum atomic E-state index is 6.20. The number of hydrogen-bond donors (Lipinski definition) is 0. The van der Waals surface area contributed by atoms with E-state index in [1.807, 2.05) is 16.9 Å². The lowest BCUT2D eigenvalue weighted by atomic mass is 10.3. The maximum absolute atomic E-state index is 6.20. The van der Waals surface area contributed by atoms with Gasteiger partial charge in [0.1, 0.15) is 6.33 Å². The number of ether oxygens (including phenoxy) is 1. The molecule has 0 N–H and O–H groups in total. The van der Waals surface area contributed by atoms with Crippen LogP contribution in [-0.2, 0) is 11.3 Å². The summed E-state index contributed by atoms with van der Waals surface area (Å²) in [6.45, 7) is 3.34. The molecule has 0 fully saturated rings. The van der Waals surface area contributed by atoms with E-state index in [9.17, 15) is 0 Å². The summed E-state index contributed by atoms with van der Waals surface area (Å²) < 4.78 is 6.98. The van der Waals surface area contributed by atoms with Crippen molar-refractivity contribution in [2.45, 2.75) is 13.5 Å². The Labute approximate surface area is 103 Å². The van der Waals surface area contributed by atoms with Crippen LogP contribution in [0.3, 0.4) is 0 Å². The normalized spacial score (nSPS) is 10.9. The largest absolute Gasteiger partial charge is 0.383 e. The summed E-state index contributed by atoms with van der Waals surface area (Å²) in [6.07, 6.45) is 1.69. The molecule has 0 aromatic carbocycles. The Morgan fingerprint density at radius 2 is 2.38 bits per heavy atom. The minimum Gasteiger partial charge on any atom is -0.383 e. The highest BCUT2D eigenvalue weighted by molar-refractivity contribution is 7.14. The molecule has 0 spiro atoms. The first-order valence-electron chi connectivity index (χ1n) is 4.84. The molecule has 2 heterocycles. The molecule has 0 radical (unpaired) electrons. The van der Waals surface area contributed by atoms with Crippen LogP contribution in [-0.4, -0.2) is 28.5 Å². The average molecular weight is 258 g/mol. The molecule has 2 aromatic heterocycles. The zero-order valence-electron chi connectivity index (χ0n) is 9.11. The molecule has 0 amide bonds. The van der Waals surface area contributed by atoms with Gasteiger partial charge in [-0.3, -0.25) is 0 Å². The number of nitrogens with zero attached hydrogens (tertiary/aromatic N) is 3. The number of methoxy groups -OCH3 is 1. The maximum Gasteiger partial charge on any atom is 0.175 e. The molecule has 86 valence electrons. The topological polar surface area (TPSA) is 39.9 Å². The van der Waals surface area contributed by atoms with Gasteiger partial charge in [0.15, 0.2) is 5.82 Å². The fourth-order valence-electron chi connectivity index (χ4n) is 1.36. The molecule has 0 saturated heterocycles. The van der Waals surface area contributed by atoms with Crippen molar-refractivity contribution in [1.82, 2.24) is 14.8 Å². The third-order valence-corrected chi connectivity index (χ3v) is 3.95. The number of aryl methyl sites for hydroxylation is 1. The van der Waals surface area contributed by atoms with Crippen molar-refractivity contribution in [2.75, 3.05) is 13.7 Å². The monoisotopic (exact) mass is 257 g/mol. The van der Waals surface area contributed by atoms with Gasteiger partial charge in [-0.05, 0) is 17.9 Å². The second kappa shape index (κ2) is 4.95. The quantitative estimate of drug-likeness (QED) is 0.845. The molecule has 0 aliphatic carbocycles. The number of halogens is 1. The number of rotatable bonds is 4. The standard InChI is InChI=1S/C10H12ClN3OS/c1-7-5-16-9(8(7)11)10-13-12-6-14(10)3-4-15-2/h5-6H,3-4H2,1-2H3. The van der Waals surface area contributed by atoms with Crippen molar-refractivity contribution in [2.24, 2.45) is 0 Å².